The summed E-state index contributed by atoms with van der Waals surface area (Å²) in [6.45, 7) is 0. The molecular formula is C32H21KO10. The molecule has 0 saturated heterocycles. The zero-order valence-electron chi connectivity index (χ0n) is 23.1. The maximum Gasteiger partial charge on any atom is 1.00 e. The Labute approximate surface area is 285 Å². The van der Waals surface area contributed by atoms with Crippen molar-refractivity contribution in [1.29, 1.82) is 0 Å². The molecule has 11 heteroatoms. The van der Waals surface area contributed by atoms with Crippen LogP contribution in [0.15, 0.2) is 91.2 Å². The van der Waals surface area contributed by atoms with E-state index in [2.05, 4.69) is 0 Å². The summed E-state index contributed by atoms with van der Waals surface area (Å²) in [5.41, 5.74) is -0.0260. The maximum absolute atomic E-state index is 13.2. The van der Waals surface area contributed by atoms with Crippen molar-refractivity contribution in [3.63, 3.8) is 0 Å². The largest absolute Gasteiger partial charge is 1.00 e. The molecule has 2 aromatic heterocycles. The van der Waals surface area contributed by atoms with Crippen LogP contribution < -0.4 is 76.8 Å². The second-order valence-corrected chi connectivity index (χ2v) is 9.40. The van der Waals surface area contributed by atoms with Crippen LogP contribution in [-0.4, -0.2) is 29.5 Å². The molecule has 0 aliphatic carbocycles. The van der Waals surface area contributed by atoms with E-state index in [0.29, 0.717) is 11.1 Å². The number of hydrogen-bond donors (Lipinski definition) is 3. The Morgan fingerprint density at radius 1 is 0.674 bits per heavy atom. The Bertz CT molecular complexity index is 2150. The first-order chi connectivity index (χ1) is 20.2. The standard InChI is InChI=1S/C32H22O10.K/c1-39-18-10-20(34)30-23(37)13-27(41-28(30)11-18)16-5-8-25(40-2)19(9-16)29-21(35)12-22(36)31-24(38)14-26(42-32(29)31)15-3-6-17(33)7-4-15;/h3-14,33-36H,1-2H3;/q;+1/p-1. The number of hydrogen-bond acceptors (Lipinski definition) is 10. The average Bonchev–Trinajstić information content (AvgIpc) is 2.96. The van der Waals surface area contributed by atoms with Gasteiger partial charge in [-0.05, 0) is 18.2 Å². The Morgan fingerprint density at radius 3 is 1.98 bits per heavy atom. The minimum absolute atomic E-state index is 0. The van der Waals surface area contributed by atoms with Gasteiger partial charge in [-0.3, -0.25) is 9.59 Å². The summed E-state index contributed by atoms with van der Waals surface area (Å²) in [5, 5.41) is 43.4. The van der Waals surface area contributed by atoms with Crippen LogP contribution in [0.3, 0.4) is 0 Å². The SMILES string of the molecule is COc1cc(O)c2c(=O)cc(-c3ccc(OC)c(-c4c(O)cc(O)c5c(=O)cc(-c6ccc([O-])cc6)oc45)c3)oc2c1.[K+]. The van der Waals surface area contributed by atoms with Gasteiger partial charge in [0.1, 0.15) is 56.6 Å². The summed E-state index contributed by atoms with van der Waals surface area (Å²) in [4.78, 5) is 26.1. The second kappa shape index (κ2) is 11.8. The number of ether oxygens (including phenoxy) is 2. The van der Waals surface area contributed by atoms with Crippen LogP contribution in [0.1, 0.15) is 0 Å². The van der Waals surface area contributed by atoms with Crippen LogP contribution in [0.2, 0.25) is 0 Å². The fourth-order valence-corrected chi connectivity index (χ4v) is 4.88. The predicted octanol–water partition coefficient (Wildman–Crippen LogP) is 2.11. The minimum Gasteiger partial charge on any atom is -0.872 e. The van der Waals surface area contributed by atoms with Crippen molar-refractivity contribution in [2.75, 3.05) is 14.2 Å². The quantitative estimate of drug-likeness (QED) is 0.249. The number of phenolic OH excluding ortho intramolecular Hbond substituents is 3. The van der Waals surface area contributed by atoms with Gasteiger partial charge in [-0.25, -0.2) is 0 Å². The fraction of sp³-hybridized carbons (Fsp3) is 0.0625. The van der Waals surface area contributed by atoms with Crippen molar-refractivity contribution in [2.24, 2.45) is 0 Å². The smallest absolute Gasteiger partial charge is 0.872 e. The van der Waals surface area contributed by atoms with E-state index in [0.717, 1.165) is 6.07 Å². The molecule has 10 nitrogen and oxygen atoms in total. The molecule has 0 aliphatic heterocycles. The van der Waals surface area contributed by atoms with Crippen LogP contribution in [0.4, 0.5) is 0 Å². The molecule has 0 bridgehead atoms. The topological polar surface area (TPSA) is 163 Å². The van der Waals surface area contributed by atoms with Gasteiger partial charge in [0, 0.05) is 47.0 Å². The minimum atomic E-state index is -0.583. The van der Waals surface area contributed by atoms with E-state index in [-0.39, 0.29) is 119 Å². The monoisotopic (exact) mass is 604 g/mol. The number of rotatable bonds is 5. The predicted molar refractivity (Wildman–Crippen MR) is 152 cm³/mol. The van der Waals surface area contributed by atoms with E-state index in [9.17, 15) is 30.0 Å². The van der Waals surface area contributed by atoms with Crippen molar-refractivity contribution in [1.82, 2.24) is 0 Å². The molecule has 6 aromatic rings. The molecule has 0 aliphatic rings. The third kappa shape index (κ3) is 5.37. The summed E-state index contributed by atoms with van der Waals surface area (Å²) in [6, 6.07) is 16.6. The van der Waals surface area contributed by atoms with Gasteiger partial charge in [0.25, 0.3) is 0 Å². The van der Waals surface area contributed by atoms with Gasteiger partial charge < -0.3 is 38.7 Å². The normalized spacial score (nSPS) is 10.9. The molecule has 3 N–H and O–H groups in total. The number of benzene rings is 4. The summed E-state index contributed by atoms with van der Waals surface area (Å²) in [5.74, 6) is -0.648. The van der Waals surface area contributed by atoms with E-state index in [1.54, 1.807) is 18.2 Å². The van der Waals surface area contributed by atoms with E-state index >= 15 is 0 Å². The van der Waals surface area contributed by atoms with Crippen LogP contribution in [0, 0.1) is 0 Å². The summed E-state index contributed by atoms with van der Waals surface area (Å²) < 4.78 is 22.8. The van der Waals surface area contributed by atoms with Gasteiger partial charge in [0.2, 0.25) is 0 Å². The molecule has 0 spiro atoms. The van der Waals surface area contributed by atoms with Crippen LogP contribution >= 0.6 is 0 Å². The van der Waals surface area contributed by atoms with Crippen LogP contribution in [0.5, 0.6) is 34.5 Å². The second-order valence-electron chi connectivity index (χ2n) is 9.40. The van der Waals surface area contributed by atoms with E-state index in [1.165, 1.54) is 62.8 Å². The molecular weight excluding hydrogens is 583 g/mol. The molecule has 0 fully saturated rings. The average molecular weight is 605 g/mol. The molecule has 2 heterocycles. The van der Waals surface area contributed by atoms with Crippen molar-refractivity contribution in [2.45, 2.75) is 0 Å². The van der Waals surface area contributed by atoms with Gasteiger partial charge in [-0.2, -0.15) is 0 Å². The zero-order valence-corrected chi connectivity index (χ0v) is 26.3. The first-order valence-electron chi connectivity index (χ1n) is 12.5. The summed E-state index contributed by atoms with van der Waals surface area (Å²) >= 11 is 0. The van der Waals surface area contributed by atoms with E-state index in [1.807, 2.05) is 0 Å². The Balaban J connectivity index is 0.00000368. The van der Waals surface area contributed by atoms with Crippen LogP contribution in [-0.2, 0) is 0 Å². The summed E-state index contributed by atoms with van der Waals surface area (Å²) in [7, 11) is 2.82. The first-order valence-corrected chi connectivity index (χ1v) is 12.5. The molecule has 0 amide bonds. The molecule has 0 radical (unpaired) electrons. The first kappa shape index (κ1) is 30.2. The van der Waals surface area contributed by atoms with Gasteiger partial charge in [-0.1, -0.05) is 24.3 Å². The molecule has 0 unspecified atom stereocenters. The van der Waals surface area contributed by atoms with E-state index in [4.69, 9.17) is 18.3 Å². The zero-order chi connectivity index (χ0) is 29.7. The number of fused-ring (bicyclic) bond motifs is 2. The van der Waals surface area contributed by atoms with Gasteiger partial charge >= 0.3 is 51.4 Å². The van der Waals surface area contributed by atoms with Crippen molar-refractivity contribution < 1.29 is 90.1 Å². The van der Waals surface area contributed by atoms with Crippen LogP contribution in [0.25, 0.3) is 55.7 Å². The Kier molecular flexibility index (Phi) is 8.28. The number of phenols is 3. The third-order valence-corrected chi connectivity index (χ3v) is 6.87. The molecule has 210 valence electrons. The molecule has 43 heavy (non-hydrogen) atoms. The van der Waals surface area contributed by atoms with Gasteiger partial charge in [-0.15, -0.1) is 5.75 Å². The Morgan fingerprint density at radius 2 is 1.30 bits per heavy atom. The molecule has 6 rings (SSSR count). The maximum atomic E-state index is 13.2. The van der Waals surface area contributed by atoms with Crippen molar-refractivity contribution in [3.8, 4) is 68.3 Å². The number of aromatic hydroxyl groups is 3. The van der Waals surface area contributed by atoms with Crippen molar-refractivity contribution in [3.05, 3.63) is 93.2 Å². The number of methoxy groups -OCH3 is 2. The molecule has 4 aromatic carbocycles. The molecule has 0 saturated carbocycles. The molecule has 0 atom stereocenters. The van der Waals surface area contributed by atoms with Crippen molar-refractivity contribution >= 4 is 21.9 Å². The van der Waals surface area contributed by atoms with E-state index < -0.39 is 22.4 Å². The third-order valence-electron chi connectivity index (χ3n) is 6.87. The fourth-order valence-electron chi connectivity index (χ4n) is 4.88. The van der Waals surface area contributed by atoms with Gasteiger partial charge in [0.05, 0.1) is 19.8 Å². The Hall–Kier alpha value is -4.26. The van der Waals surface area contributed by atoms with Gasteiger partial charge in [0.15, 0.2) is 16.4 Å². The summed E-state index contributed by atoms with van der Waals surface area (Å²) in [6.07, 6.45) is 0.